The number of ether oxygens (including phenoxy) is 1. The molecule has 2 aromatic carbocycles. The molecule has 0 radical (unpaired) electrons. The van der Waals surface area contributed by atoms with Crippen molar-refractivity contribution < 1.29 is 4.74 Å². The lowest BCUT2D eigenvalue weighted by molar-refractivity contribution is 0.322. The van der Waals surface area contributed by atoms with Crippen LogP contribution in [0.3, 0.4) is 0 Å². The number of anilines is 1. The summed E-state index contributed by atoms with van der Waals surface area (Å²) in [7, 11) is 2.06. The molecule has 0 fully saturated rings. The van der Waals surface area contributed by atoms with Gasteiger partial charge in [0, 0.05) is 30.2 Å². The quantitative estimate of drug-likeness (QED) is 0.369. The highest BCUT2D eigenvalue weighted by Gasteiger charge is 2.29. The number of benzene rings is 2. The van der Waals surface area contributed by atoms with Crippen LogP contribution < -0.4 is 15.2 Å². The molecule has 0 saturated carbocycles. The van der Waals surface area contributed by atoms with Gasteiger partial charge in [-0.1, -0.05) is 48.5 Å². The second kappa shape index (κ2) is 9.50. The summed E-state index contributed by atoms with van der Waals surface area (Å²) in [6.07, 6.45) is 3.60. The lowest BCUT2D eigenvalue weighted by Crippen LogP contribution is -2.34. The number of hydrogen-bond donors (Lipinski definition) is 1. The molecule has 1 aliphatic rings. The van der Waals surface area contributed by atoms with Crippen LogP contribution in [0, 0.1) is 0 Å². The summed E-state index contributed by atoms with van der Waals surface area (Å²) in [6.45, 7) is 2.88. The molecule has 0 atom stereocenters. The van der Waals surface area contributed by atoms with Gasteiger partial charge in [0.2, 0.25) is 11.8 Å². The largest absolute Gasteiger partial charge is 0.478 e. The molecular formula is C28H27N7O2. The number of nitrogens with zero attached hydrogens (tertiary/aromatic N) is 6. The van der Waals surface area contributed by atoms with Crippen LogP contribution in [-0.2, 0) is 19.4 Å². The highest BCUT2D eigenvalue weighted by atomic mass is 16.5. The Kier molecular flexibility index (Phi) is 5.88. The number of aromatic nitrogens is 6. The summed E-state index contributed by atoms with van der Waals surface area (Å²) in [5.41, 5.74) is 3.97. The van der Waals surface area contributed by atoms with Crippen molar-refractivity contribution in [2.45, 2.75) is 32.4 Å². The Labute approximate surface area is 213 Å². The number of H-pyrrole nitrogens is 1. The normalized spacial score (nSPS) is 13.1. The van der Waals surface area contributed by atoms with Crippen molar-refractivity contribution in [2.24, 2.45) is 0 Å². The number of hydrogen-bond acceptors (Lipinski definition) is 7. The summed E-state index contributed by atoms with van der Waals surface area (Å²) in [4.78, 5) is 19.1. The molecule has 9 heteroatoms. The van der Waals surface area contributed by atoms with Crippen LogP contribution >= 0.6 is 0 Å². The summed E-state index contributed by atoms with van der Waals surface area (Å²) >= 11 is 0. The van der Waals surface area contributed by atoms with Crippen LogP contribution in [0.25, 0.3) is 22.3 Å². The van der Waals surface area contributed by atoms with E-state index in [0.29, 0.717) is 35.9 Å². The fraction of sp³-hybridized carbons (Fsp3) is 0.250. The van der Waals surface area contributed by atoms with Crippen molar-refractivity contribution in [1.29, 1.82) is 0 Å². The molecule has 3 heterocycles. The fourth-order valence-electron chi connectivity index (χ4n) is 5.12. The predicted octanol–water partition coefficient (Wildman–Crippen LogP) is 3.63. The molecule has 3 aromatic heterocycles. The smallest absolute Gasteiger partial charge is 0.272 e. The van der Waals surface area contributed by atoms with E-state index in [1.54, 1.807) is 12.3 Å². The maximum Gasteiger partial charge on any atom is 0.272 e. The van der Waals surface area contributed by atoms with E-state index in [4.69, 9.17) is 4.74 Å². The van der Waals surface area contributed by atoms with Crippen LogP contribution in [0.4, 0.5) is 5.95 Å². The van der Waals surface area contributed by atoms with Crippen LogP contribution in [-0.4, -0.2) is 49.6 Å². The summed E-state index contributed by atoms with van der Waals surface area (Å²) in [5, 5.41) is 17.6. The van der Waals surface area contributed by atoms with E-state index in [1.807, 2.05) is 41.8 Å². The van der Waals surface area contributed by atoms with Gasteiger partial charge in [-0.2, -0.15) is 5.10 Å². The zero-order chi connectivity index (χ0) is 25.4. The molecule has 5 aromatic rings. The maximum absolute atomic E-state index is 12.5. The van der Waals surface area contributed by atoms with Crippen molar-refractivity contribution in [2.75, 3.05) is 18.6 Å². The lowest BCUT2D eigenvalue weighted by Gasteiger charge is -2.26. The minimum atomic E-state index is -0.239. The Morgan fingerprint density at radius 3 is 2.49 bits per heavy atom. The highest BCUT2D eigenvalue weighted by Crippen LogP contribution is 2.32. The lowest BCUT2D eigenvalue weighted by atomic mass is 10.1. The van der Waals surface area contributed by atoms with E-state index < -0.39 is 0 Å². The minimum Gasteiger partial charge on any atom is -0.478 e. The molecule has 0 unspecified atom stereocenters. The summed E-state index contributed by atoms with van der Waals surface area (Å²) in [6, 6.07) is 20.1. The van der Waals surface area contributed by atoms with Gasteiger partial charge in [-0.15, -0.1) is 10.2 Å². The van der Waals surface area contributed by atoms with E-state index in [1.165, 1.54) is 11.1 Å². The molecule has 9 nitrogen and oxygen atoms in total. The van der Waals surface area contributed by atoms with Gasteiger partial charge in [-0.25, -0.2) is 10.1 Å². The fourth-order valence-corrected chi connectivity index (χ4v) is 5.12. The van der Waals surface area contributed by atoms with Crippen molar-refractivity contribution in [1.82, 2.24) is 29.9 Å². The molecule has 186 valence electrons. The second-order valence-corrected chi connectivity index (χ2v) is 9.20. The van der Waals surface area contributed by atoms with Crippen molar-refractivity contribution in [3.8, 4) is 17.4 Å². The van der Waals surface area contributed by atoms with Gasteiger partial charge in [0.05, 0.1) is 18.5 Å². The van der Waals surface area contributed by atoms with Gasteiger partial charge in [0.1, 0.15) is 5.69 Å². The Hall–Kier alpha value is -4.53. The Morgan fingerprint density at radius 1 is 1.00 bits per heavy atom. The Morgan fingerprint density at radius 2 is 1.73 bits per heavy atom. The van der Waals surface area contributed by atoms with Crippen molar-refractivity contribution >= 4 is 16.7 Å². The third-order valence-corrected chi connectivity index (χ3v) is 6.99. The van der Waals surface area contributed by atoms with Gasteiger partial charge < -0.3 is 9.64 Å². The Balaban J connectivity index is 1.48. The number of fused-ring (bicyclic) bond motifs is 2. The van der Waals surface area contributed by atoms with Gasteiger partial charge in [-0.05, 0) is 43.0 Å². The molecule has 1 aliphatic carbocycles. The summed E-state index contributed by atoms with van der Waals surface area (Å²) < 4.78 is 7.86. The molecule has 0 spiro atoms. The molecule has 0 bridgehead atoms. The van der Waals surface area contributed by atoms with E-state index in [2.05, 4.69) is 61.6 Å². The number of rotatable bonds is 7. The average molecular weight is 494 g/mol. The Bertz CT molecular complexity index is 1620. The van der Waals surface area contributed by atoms with Crippen molar-refractivity contribution in [3.63, 3.8) is 0 Å². The van der Waals surface area contributed by atoms with Gasteiger partial charge in [0.25, 0.3) is 5.56 Å². The number of likely N-dealkylation sites (N-methyl/N-ethyl adjacent to an activating group) is 1. The van der Waals surface area contributed by atoms with Crippen molar-refractivity contribution in [3.05, 3.63) is 93.9 Å². The SMILES string of the molecule is CCOc1ncccc1Cn1c(-c2n[nH]c(=O)c3ccccc23)nnc1N(C)C1Cc2ccccc2C1. The van der Waals surface area contributed by atoms with E-state index >= 15 is 0 Å². The first kappa shape index (κ1) is 22.9. The van der Waals surface area contributed by atoms with Crippen LogP contribution in [0.1, 0.15) is 23.6 Å². The number of aromatic amines is 1. The van der Waals surface area contributed by atoms with E-state index in [0.717, 1.165) is 29.7 Å². The zero-order valence-corrected chi connectivity index (χ0v) is 20.8. The second-order valence-electron chi connectivity index (χ2n) is 9.20. The van der Waals surface area contributed by atoms with Gasteiger partial charge in [0.15, 0.2) is 5.82 Å². The van der Waals surface area contributed by atoms with Gasteiger partial charge >= 0.3 is 0 Å². The number of nitrogens with one attached hydrogen (secondary N) is 1. The highest BCUT2D eigenvalue weighted by molar-refractivity contribution is 5.92. The van der Waals surface area contributed by atoms with E-state index in [-0.39, 0.29) is 11.6 Å². The van der Waals surface area contributed by atoms with Crippen LogP contribution in [0.2, 0.25) is 0 Å². The molecule has 37 heavy (non-hydrogen) atoms. The molecular weight excluding hydrogens is 466 g/mol. The topological polar surface area (TPSA) is 102 Å². The standard InChI is InChI=1S/C28H27N7O2/c1-3-37-27-20(11-8-14-29-27)17-35-25(24-22-12-6-7-13-23(22)26(36)32-30-24)31-33-28(35)34(2)21-15-18-9-4-5-10-19(18)16-21/h4-14,21H,3,15-17H2,1-2H3,(H,32,36). The number of pyridine rings is 1. The zero-order valence-electron chi connectivity index (χ0n) is 20.8. The predicted molar refractivity (Wildman–Crippen MR) is 142 cm³/mol. The summed E-state index contributed by atoms with van der Waals surface area (Å²) in [5.74, 6) is 1.86. The molecule has 1 N–H and O–H groups in total. The monoisotopic (exact) mass is 493 g/mol. The minimum absolute atomic E-state index is 0.239. The molecule has 6 rings (SSSR count). The van der Waals surface area contributed by atoms with E-state index in [9.17, 15) is 4.79 Å². The average Bonchev–Trinajstić information content (AvgIpc) is 3.55. The van der Waals surface area contributed by atoms with Crippen LogP contribution in [0.5, 0.6) is 5.88 Å². The van der Waals surface area contributed by atoms with Crippen LogP contribution in [0.15, 0.2) is 71.7 Å². The third-order valence-electron chi connectivity index (χ3n) is 6.99. The molecule has 0 aliphatic heterocycles. The first-order chi connectivity index (χ1) is 18.1. The van der Waals surface area contributed by atoms with Gasteiger partial charge in [-0.3, -0.25) is 9.36 Å². The first-order valence-corrected chi connectivity index (χ1v) is 12.4. The third kappa shape index (κ3) is 4.12. The molecule has 0 amide bonds. The first-order valence-electron chi connectivity index (χ1n) is 12.4. The maximum atomic E-state index is 12.5. The molecule has 0 saturated heterocycles.